The average molecular weight is 387 g/mol. The highest BCUT2D eigenvalue weighted by Crippen LogP contribution is 2.17. The molecule has 1 aliphatic heterocycles. The van der Waals surface area contributed by atoms with Crippen molar-refractivity contribution in [3.05, 3.63) is 64.7 Å². The fourth-order valence-electron chi connectivity index (χ4n) is 2.35. The number of hydrogen-bond donors (Lipinski definition) is 2. The van der Waals surface area contributed by atoms with Crippen LogP contribution >= 0.6 is 23.4 Å². The number of anilines is 1. The molecule has 0 unspecified atom stereocenters. The van der Waals surface area contributed by atoms with Crippen molar-refractivity contribution in [2.75, 3.05) is 17.6 Å². The van der Waals surface area contributed by atoms with E-state index in [9.17, 15) is 4.79 Å². The Morgan fingerprint density at radius 2 is 2.00 bits per heavy atom. The molecule has 0 aromatic heterocycles. The molecule has 2 N–H and O–H groups in total. The van der Waals surface area contributed by atoms with Crippen LogP contribution in [-0.4, -0.2) is 29.1 Å². The number of carbonyl (C=O) groups is 1. The van der Waals surface area contributed by atoms with Gasteiger partial charge in [-0.05, 0) is 49.2 Å². The quantitative estimate of drug-likeness (QED) is 0.604. The number of aliphatic imine (C=N–C) groups is 1. The molecule has 1 aliphatic rings. The number of nitrogens with one attached hydrogen (secondary N) is 2. The van der Waals surface area contributed by atoms with Gasteiger partial charge in [0, 0.05) is 28.6 Å². The van der Waals surface area contributed by atoms with Crippen LogP contribution in [0.5, 0.6) is 0 Å². The maximum Gasteiger partial charge on any atom is 0.271 e. The molecule has 5 nitrogen and oxygen atoms in total. The van der Waals surface area contributed by atoms with Crippen molar-refractivity contribution >= 4 is 45.8 Å². The first-order chi connectivity index (χ1) is 12.6. The zero-order valence-electron chi connectivity index (χ0n) is 14.3. The van der Waals surface area contributed by atoms with E-state index >= 15 is 0 Å². The maximum absolute atomic E-state index is 12.1. The third-order valence-corrected chi connectivity index (χ3v) is 5.00. The first kappa shape index (κ1) is 18.5. The topological polar surface area (TPSA) is 65.8 Å². The van der Waals surface area contributed by atoms with Crippen molar-refractivity contribution < 1.29 is 4.79 Å². The molecule has 0 aliphatic carbocycles. The summed E-state index contributed by atoms with van der Waals surface area (Å²) in [5.74, 6) is 0.805. The zero-order valence-corrected chi connectivity index (χ0v) is 15.9. The number of thioether (sulfide) groups is 1. The van der Waals surface area contributed by atoms with Crippen LogP contribution in [0.3, 0.4) is 0 Å². The molecule has 26 heavy (non-hydrogen) atoms. The highest BCUT2D eigenvalue weighted by molar-refractivity contribution is 8.14. The van der Waals surface area contributed by atoms with Gasteiger partial charge in [0.15, 0.2) is 5.17 Å². The molecule has 7 heteroatoms. The second-order valence-electron chi connectivity index (χ2n) is 5.74. The van der Waals surface area contributed by atoms with Crippen LogP contribution < -0.4 is 10.7 Å². The van der Waals surface area contributed by atoms with Crippen LogP contribution in [0.1, 0.15) is 29.3 Å². The van der Waals surface area contributed by atoms with Crippen LogP contribution in [0.15, 0.2) is 58.6 Å². The molecule has 0 saturated carbocycles. The fraction of sp³-hybridized carbons (Fsp3) is 0.211. The molecule has 1 amide bonds. The second kappa shape index (κ2) is 8.87. The summed E-state index contributed by atoms with van der Waals surface area (Å²) in [4.78, 5) is 16.6. The molecule has 2 aromatic rings. The summed E-state index contributed by atoms with van der Waals surface area (Å²) >= 11 is 7.64. The Balaban J connectivity index is 1.61. The smallest absolute Gasteiger partial charge is 0.271 e. The van der Waals surface area contributed by atoms with Crippen molar-refractivity contribution in [3.63, 3.8) is 0 Å². The van der Waals surface area contributed by atoms with E-state index in [1.807, 2.05) is 31.2 Å². The number of hydrogen-bond acceptors (Lipinski definition) is 5. The Bertz CT molecular complexity index is 849. The third-order valence-electron chi connectivity index (χ3n) is 3.76. The SMILES string of the molecule is C/C(=N/NC(=O)c1cccc(Cl)c1)c1ccc(NC2=NCCCS2)cc1. The molecule has 3 rings (SSSR count). The van der Waals surface area contributed by atoms with Gasteiger partial charge >= 0.3 is 0 Å². The predicted molar refractivity (Wildman–Crippen MR) is 111 cm³/mol. The van der Waals surface area contributed by atoms with Crippen molar-refractivity contribution in [2.45, 2.75) is 13.3 Å². The van der Waals surface area contributed by atoms with Crippen molar-refractivity contribution in [3.8, 4) is 0 Å². The van der Waals surface area contributed by atoms with Crippen LogP contribution in [0.4, 0.5) is 5.69 Å². The molecule has 0 spiro atoms. The van der Waals surface area contributed by atoms with Crippen LogP contribution in [0.2, 0.25) is 5.02 Å². The molecule has 0 radical (unpaired) electrons. The Hall–Kier alpha value is -2.31. The molecular weight excluding hydrogens is 368 g/mol. The number of rotatable bonds is 4. The van der Waals surface area contributed by atoms with Gasteiger partial charge in [0.2, 0.25) is 0 Å². The van der Waals surface area contributed by atoms with Gasteiger partial charge in [0.25, 0.3) is 5.91 Å². The zero-order chi connectivity index (χ0) is 18.4. The van der Waals surface area contributed by atoms with Crippen molar-refractivity contribution in [2.24, 2.45) is 10.1 Å². The summed E-state index contributed by atoms with van der Waals surface area (Å²) in [7, 11) is 0. The lowest BCUT2D eigenvalue weighted by molar-refractivity contribution is 0.0955. The summed E-state index contributed by atoms with van der Waals surface area (Å²) in [5, 5.41) is 8.96. The van der Waals surface area contributed by atoms with Crippen LogP contribution in [0, 0.1) is 0 Å². The molecule has 0 saturated heterocycles. The third kappa shape index (κ3) is 5.09. The molecule has 134 valence electrons. The van der Waals surface area contributed by atoms with Gasteiger partial charge in [-0.15, -0.1) is 0 Å². The van der Waals surface area contributed by atoms with E-state index in [-0.39, 0.29) is 5.91 Å². The molecule has 2 aromatic carbocycles. The number of amides is 1. The van der Waals surface area contributed by atoms with E-state index in [0.717, 1.165) is 40.8 Å². The Morgan fingerprint density at radius 1 is 1.19 bits per heavy atom. The van der Waals surface area contributed by atoms with Gasteiger partial charge < -0.3 is 5.32 Å². The number of benzene rings is 2. The molecule has 1 heterocycles. The van der Waals surface area contributed by atoms with Crippen LogP contribution in [0.25, 0.3) is 0 Å². The summed E-state index contributed by atoms with van der Waals surface area (Å²) in [6, 6.07) is 14.6. The second-order valence-corrected chi connectivity index (χ2v) is 7.26. The van der Waals surface area contributed by atoms with E-state index in [1.54, 1.807) is 36.0 Å². The monoisotopic (exact) mass is 386 g/mol. The predicted octanol–water partition coefficient (Wildman–Crippen LogP) is 4.40. The Kier molecular flexibility index (Phi) is 6.30. The van der Waals surface area contributed by atoms with E-state index in [4.69, 9.17) is 11.6 Å². The van der Waals surface area contributed by atoms with Crippen molar-refractivity contribution in [1.29, 1.82) is 0 Å². The molecular formula is C19H19ClN4OS. The summed E-state index contributed by atoms with van der Waals surface area (Å²) in [5.41, 5.74) is 5.66. The van der Waals surface area contributed by atoms with Gasteiger partial charge in [-0.1, -0.05) is 41.6 Å². The van der Waals surface area contributed by atoms with Gasteiger partial charge in [-0.25, -0.2) is 5.43 Å². The van der Waals surface area contributed by atoms with Gasteiger partial charge in [-0.3, -0.25) is 9.79 Å². The summed E-state index contributed by atoms with van der Waals surface area (Å²) in [6.07, 6.45) is 1.13. The number of halogens is 1. The average Bonchev–Trinajstić information content (AvgIpc) is 2.67. The van der Waals surface area contributed by atoms with E-state index < -0.39 is 0 Å². The first-order valence-electron chi connectivity index (χ1n) is 8.27. The maximum atomic E-state index is 12.1. The standard InChI is InChI=1S/C19H19ClN4OS/c1-13(23-24-18(25)15-4-2-5-16(20)12-15)14-6-8-17(9-7-14)22-19-21-10-3-11-26-19/h2,4-9,12H,3,10-11H2,1H3,(H,21,22)(H,24,25)/b23-13-. The summed E-state index contributed by atoms with van der Waals surface area (Å²) in [6.45, 7) is 2.73. The number of hydrazone groups is 1. The minimum Gasteiger partial charge on any atom is -0.335 e. The number of amidine groups is 1. The van der Waals surface area contributed by atoms with E-state index in [0.29, 0.717) is 10.6 Å². The van der Waals surface area contributed by atoms with E-state index in [2.05, 4.69) is 20.8 Å². The highest BCUT2D eigenvalue weighted by Gasteiger charge is 2.07. The Labute approximate surface area is 161 Å². The number of nitrogens with zero attached hydrogens (tertiary/aromatic N) is 2. The van der Waals surface area contributed by atoms with Gasteiger partial charge in [-0.2, -0.15) is 5.10 Å². The Morgan fingerprint density at radius 3 is 2.69 bits per heavy atom. The lowest BCUT2D eigenvalue weighted by atomic mass is 10.1. The minimum absolute atomic E-state index is 0.294. The first-order valence-corrected chi connectivity index (χ1v) is 9.63. The van der Waals surface area contributed by atoms with Gasteiger partial charge in [0.05, 0.1) is 5.71 Å². The summed E-state index contributed by atoms with van der Waals surface area (Å²) < 4.78 is 0. The van der Waals surface area contributed by atoms with Gasteiger partial charge in [0.1, 0.15) is 0 Å². The fourth-order valence-corrected chi connectivity index (χ4v) is 3.38. The largest absolute Gasteiger partial charge is 0.335 e. The van der Waals surface area contributed by atoms with Crippen LogP contribution in [-0.2, 0) is 0 Å². The molecule has 0 fully saturated rings. The lowest BCUT2D eigenvalue weighted by Crippen LogP contribution is -2.19. The van der Waals surface area contributed by atoms with Crippen molar-refractivity contribution in [1.82, 2.24) is 5.43 Å². The normalized spacial score (nSPS) is 14.5. The molecule has 0 atom stereocenters. The number of carbonyl (C=O) groups excluding carboxylic acids is 1. The minimum atomic E-state index is -0.294. The van der Waals surface area contributed by atoms with E-state index in [1.165, 1.54) is 0 Å². The highest BCUT2D eigenvalue weighted by atomic mass is 35.5. The molecule has 0 bridgehead atoms. The lowest BCUT2D eigenvalue weighted by Gasteiger charge is -2.13.